The highest BCUT2D eigenvalue weighted by atomic mass is 19.1. The summed E-state index contributed by atoms with van der Waals surface area (Å²) in [6.07, 6.45) is 0.959. The molecule has 1 aromatic heterocycles. The average Bonchev–Trinajstić information content (AvgIpc) is 3.33. The number of hydrogen-bond acceptors (Lipinski definition) is 4. The van der Waals surface area contributed by atoms with Crippen LogP contribution in [0.4, 0.5) is 8.78 Å². The molecule has 0 aliphatic rings. The fourth-order valence-corrected chi connectivity index (χ4v) is 4.28. The topological polar surface area (TPSA) is 45.8 Å². The maximum atomic E-state index is 14.1. The molecule has 0 radical (unpaired) electrons. The van der Waals surface area contributed by atoms with Crippen LogP contribution in [0.2, 0.25) is 0 Å². The summed E-state index contributed by atoms with van der Waals surface area (Å²) in [4.78, 5) is 2.24. The average molecular weight is 478 g/mol. The zero-order valence-electron chi connectivity index (χ0n) is 19.9. The first-order valence-electron chi connectivity index (χ1n) is 11.6. The molecule has 0 atom stereocenters. The van der Waals surface area contributed by atoms with Gasteiger partial charge < -0.3 is 14.3 Å². The van der Waals surface area contributed by atoms with Gasteiger partial charge in [0.05, 0.1) is 13.7 Å². The molecule has 3 aromatic carbocycles. The normalized spacial score (nSPS) is 11.7. The van der Waals surface area contributed by atoms with Gasteiger partial charge in [-0.25, -0.2) is 8.78 Å². The van der Waals surface area contributed by atoms with Crippen LogP contribution in [0.15, 0.2) is 89.3 Å². The van der Waals surface area contributed by atoms with Crippen LogP contribution in [-0.2, 0) is 18.7 Å². The Hall–Kier alpha value is -3.48. The van der Waals surface area contributed by atoms with Gasteiger partial charge in [0.15, 0.2) is 5.60 Å². The number of halogens is 2. The fourth-order valence-electron chi connectivity index (χ4n) is 4.28. The number of rotatable bonds is 10. The highest BCUT2D eigenvalue weighted by Gasteiger charge is 2.38. The van der Waals surface area contributed by atoms with Crippen molar-refractivity contribution in [2.75, 3.05) is 13.7 Å². The van der Waals surface area contributed by atoms with Crippen molar-refractivity contribution in [1.82, 2.24) is 4.90 Å². The largest absolute Gasteiger partial charge is 0.497 e. The summed E-state index contributed by atoms with van der Waals surface area (Å²) in [5.41, 5.74) is -0.198. The second-order valence-corrected chi connectivity index (χ2v) is 8.56. The Kier molecular flexibility index (Phi) is 7.63. The molecule has 4 aromatic rings. The first-order chi connectivity index (χ1) is 16.9. The molecule has 0 saturated carbocycles. The van der Waals surface area contributed by atoms with Gasteiger partial charge >= 0.3 is 0 Å². The van der Waals surface area contributed by atoms with E-state index >= 15 is 0 Å². The molecule has 6 heteroatoms. The summed E-state index contributed by atoms with van der Waals surface area (Å²) in [5, 5.41) is 11.9. The molecule has 0 aliphatic carbocycles. The summed E-state index contributed by atoms with van der Waals surface area (Å²) in [6.45, 7) is 4.19. The van der Waals surface area contributed by atoms with Gasteiger partial charge in [-0.1, -0.05) is 43.3 Å². The van der Waals surface area contributed by atoms with Gasteiger partial charge in [0.1, 0.15) is 28.9 Å². The van der Waals surface area contributed by atoms with Gasteiger partial charge in [0.25, 0.3) is 0 Å². The number of ether oxygens (including phenoxy) is 1. The van der Waals surface area contributed by atoms with Gasteiger partial charge in [-0.15, -0.1) is 0 Å². The van der Waals surface area contributed by atoms with E-state index in [0.717, 1.165) is 24.3 Å². The molecular weight excluding hydrogens is 448 g/mol. The zero-order valence-corrected chi connectivity index (χ0v) is 19.9. The fraction of sp³-hybridized carbons (Fsp3) is 0.241. The summed E-state index contributed by atoms with van der Waals surface area (Å²) in [5.74, 6) is 0.647. The smallest absolute Gasteiger partial charge is 0.173 e. The van der Waals surface area contributed by atoms with Crippen molar-refractivity contribution < 1.29 is 23.0 Å². The van der Waals surface area contributed by atoms with E-state index in [1.807, 2.05) is 24.3 Å². The van der Waals surface area contributed by atoms with Crippen LogP contribution in [0.1, 0.15) is 41.6 Å². The number of methoxy groups -OCH3 is 1. The first-order valence-corrected chi connectivity index (χ1v) is 11.6. The van der Waals surface area contributed by atoms with E-state index in [2.05, 4.69) is 11.8 Å². The van der Waals surface area contributed by atoms with E-state index in [1.165, 1.54) is 36.4 Å². The molecule has 35 heavy (non-hydrogen) atoms. The molecule has 182 valence electrons. The molecule has 0 amide bonds. The van der Waals surface area contributed by atoms with Crippen molar-refractivity contribution in [3.8, 4) is 5.75 Å². The van der Waals surface area contributed by atoms with E-state index in [-0.39, 0.29) is 16.9 Å². The molecule has 1 heterocycles. The van der Waals surface area contributed by atoms with Gasteiger partial charge in [0.2, 0.25) is 0 Å². The molecule has 0 spiro atoms. The molecule has 4 rings (SSSR count). The Labute approximate surface area is 204 Å². The highest BCUT2D eigenvalue weighted by molar-refractivity contribution is 5.44. The van der Waals surface area contributed by atoms with E-state index in [1.54, 1.807) is 31.4 Å². The quantitative estimate of drug-likeness (QED) is 0.293. The van der Waals surface area contributed by atoms with Crippen molar-refractivity contribution in [3.05, 3.63) is 125 Å². The van der Waals surface area contributed by atoms with Crippen LogP contribution in [0, 0.1) is 11.6 Å². The SMILES string of the molecule is CCCN(Cc1ccc(OC)cc1)Cc1ccc(C(O)(c2cccc(F)c2)c2cccc(F)c2)o1. The Balaban J connectivity index is 1.64. The lowest BCUT2D eigenvalue weighted by molar-refractivity contribution is 0.0945. The third kappa shape index (κ3) is 5.61. The van der Waals surface area contributed by atoms with Crippen molar-refractivity contribution >= 4 is 0 Å². The van der Waals surface area contributed by atoms with Gasteiger partial charge in [-0.05, 0) is 78.2 Å². The molecule has 1 N–H and O–H groups in total. The standard InChI is InChI=1S/C29H29F2NO3/c1-3-16-32(19-21-10-12-26(34-2)13-11-21)20-27-14-15-28(35-27)29(33,22-6-4-8-24(30)17-22)23-7-5-9-25(31)18-23/h4-15,17-18,33H,3,16,19-20H2,1-2H3. The Morgan fingerprint density at radius 2 is 1.49 bits per heavy atom. The van der Waals surface area contributed by atoms with Crippen molar-refractivity contribution in [3.63, 3.8) is 0 Å². The van der Waals surface area contributed by atoms with E-state index < -0.39 is 17.2 Å². The monoisotopic (exact) mass is 477 g/mol. The summed E-state index contributed by atoms with van der Waals surface area (Å²) in [7, 11) is 1.64. The number of aliphatic hydroxyl groups is 1. The van der Waals surface area contributed by atoms with E-state index in [9.17, 15) is 13.9 Å². The summed E-state index contributed by atoms with van der Waals surface area (Å²) >= 11 is 0. The molecule has 0 bridgehead atoms. The summed E-state index contributed by atoms with van der Waals surface area (Å²) in [6, 6.07) is 22.7. The number of benzene rings is 3. The predicted molar refractivity (Wildman–Crippen MR) is 131 cm³/mol. The molecule has 0 unspecified atom stereocenters. The van der Waals surface area contributed by atoms with Crippen molar-refractivity contribution in [2.45, 2.75) is 32.0 Å². The minimum atomic E-state index is -1.85. The number of furan rings is 1. The predicted octanol–water partition coefficient (Wildman–Crippen LogP) is 6.26. The van der Waals surface area contributed by atoms with Crippen LogP contribution >= 0.6 is 0 Å². The summed E-state index contributed by atoms with van der Waals surface area (Å²) < 4.78 is 39.6. The second-order valence-electron chi connectivity index (χ2n) is 8.56. The Morgan fingerprint density at radius 3 is 2.03 bits per heavy atom. The number of nitrogens with zero attached hydrogens (tertiary/aromatic N) is 1. The van der Waals surface area contributed by atoms with Gasteiger partial charge in [0, 0.05) is 6.54 Å². The Bertz CT molecular complexity index is 1210. The third-order valence-corrected chi connectivity index (χ3v) is 5.99. The minimum absolute atomic E-state index is 0.199. The number of hydrogen-bond donors (Lipinski definition) is 1. The van der Waals surface area contributed by atoms with Crippen LogP contribution < -0.4 is 4.74 Å². The molecule has 4 nitrogen and oxygen atoms in total. The lowest BCUT2D eigenvalue weighted by Gasteiger charge is -2.27. The second kappa shape index (κ2) is 10.8. The first kappa shape index (κ1) is 24.6. The maximum Gasteiger partial charge on any atom is 0.173 e. The van der Waals surface area contributed by atoms with Crippen LogP contribution in [0.25, 0.3) is 0 Å². The Morgan fingerprint density at radius 1 is 0.857 bits per heavy atom. The van der Waals surface area contributed by atoms with E-state index in [4.69, 9.17) is 9.15 Å². The lowest BCUT2D eigenvalue weighted by Crippen LogP contribution is -2.28. The van der Waals surface area contributed by atoms with Gasteiger partial charge in [-0.3, -0.25) is 4.90 Å². The third-order valence-electron chi connectivity index (χ3n) is 5.99. The van der Waals surface area contributed by atoms with Crippen LogP contribution in [0.3, 0.4) is 0 Å². The molecule has 0 fully saturated rings. The van der Waals surface area contributed by atoms with Crippen LogP contribution in [0.5, 0.6) is 5.75 Å². The van der Waals surface area contributed by atoms with Crippen molar-refractivity contribution in [2.24, 2.45) is 0 Å². The molecule has 0 aliphatic heterocycles. The minimum Gasteiger partial charge on any atom is -0.497 e. The molecular formula is C29H29F2NO3. The highest BCUT2D eigenvalue weighted by Crippen LogP contribution is 2.38. The van der Waals surface area contributed by atoms with E-state index in [0.29, 0.717) is 18.8 Å². The van der Waals surface area contributed by atoms with Crippen molar-refractivity contribution in [1.29, 1.82) is 0 Å². The molecule has 0 saturated heterocycles. The van der Waals surface area contributed by atoms with Crippen LogP contribution in [-0.4, -0.2) is 23.7 Å². The van der Waals surface area contributed by atoms with Gasteiger partial charge in [-0.2, -0.15) is 0 Å². The lowest BCUT2D eigenvalue weighted by atomic mass is 9.84. The maximum absolute atomic E-state index is 14.1. The zero-order chi connectivity index (χ0) is 24.8.